The highest BCUT2D eigenvalue weighted by molar-refractivity contribution is 5.81. The van der Waals surface area contributed by atoms with Gasteiger partial charge in [0.15, 0.2) is 0 Å². The molecule has 1 unspecified atom stereocenters. The fourth-order valence-corrected chi connectivity index (χ4v) is 3.00. The first-order valence-corrected chi connectivity index (χ1v) is 8.46. The van der Waals surface area contributed by atoms with Crippen molar-refractivity contribution in [3.63, 3.8) is 0 Å². The van der Waals surface area contributed by atoms with Crippen LogP contribution < -0.4 is 10.2 Å². The van der Waals surface area contributed by atoms with Crippen LogP contribution in [0.1, 0.15) is 37.8 Å². The molecule has 0 saturated heterocycles. The molecule has 1 aromatic carbocycles. The quantitative estimate of drug-likeness (QED) is 0.825. The van der Waals surface area contributed by atoms with Crippen molar-refractivity contribution < 1.29 is 13.9 Å². The van der Waals surface area contributed by atoms with Gasteiger partial charge in [0.25, 0.3) is 5.95 Å². The normalized spacial score (nSPS) is 19.4. The predicted octanol–water partition coefficient (Wildman–Crippen LogP) is 4.50. The fourth-order valence-electron chi connectivity index (χ4n) is 3.00. The van der Waals surface area contributed by atoms with Gasteiger partial charge in [-0.05, 0) is 38.0 Å². The molecule has 0 N–H and O–H groups in total. The Labute approximate surface area is 147 Å². The average molecular weight is 340 g/mol. The first-order chi connectivity index (χ1) is 11.8. The van der Waals surface area contributed by atoms with Crippen LogP contribution >= 0.6 is 0 Å². The van der Waals surface area contributed by atoms with Crippen LogP contribution in [0.5, 0.6) is 5.95 Å². The average Bonchev–Trinajstić information content (AvgIpc) is 2.56. The Bertz CT molecular complexity index is 915. The lowest BCUT2D eigenvalue weighted by atomic mass is 9.90. The Hall–Kier alpha value is -2.33. The van der Waals surface area contributed by atoms with Gasteiger partial charge >= 0.3 is 0 Å². The molecular formula is C21H24O4. The maximum absolute atomic E-state index is 13.0. The van der Waals surface area contributed by atoms with Crippen LogP contribution in [-0.4, -0.2) is 19.3 Å². The van der Waals surface area contributed by atoms with Gasteiger partial charge in [0.1, 0.15) is 12.2 Å². The lowest BCUT2D eigenvalue weighted by molar-refractivity contribution is 0.0656. The topological polar surface area (TPSA) is 48.7 Å². The van der Waals surface area contributed by atoms with E-state index in [2.05, 4.69) is 0 Å². The Morgan fingerprint density at radius 1 is 1.32 bits per heavy atom. The van der Waals surface area contributed by atoms with Gasteiger partial charge in [-0.2, -0.15) is 0 Å². The molecular weight excluding hydrogens is 316 g/mol. The molecule has 0 fully saturated rings. The van der Waals surface area contributed by atoms with E-state index in [-0.39, 0.29) is 16.9 Å². The molecule has 2 aromatic rings. The number of fused-ring (bicyclic) bond motifs is 2. The van der Waals surface area contributed by atoms with E-state index >= 15 is 0 Å². The zero-order valence-electron chi connectivity index (χ0n) is 15.4. The van der Waals surface area contributed by atoms with E-state index < -0.39 is 0 Å². The summed E-state index contributed by atoms with van der Waals surface area (Å²) in [5.74, 6) is 0.285. The minimum atomic E-state index is -0.333. The maximum Gasteiger partial charge on any atom is 0.293 e. The highest BCUT2D eigenvalue weighted by Gasteiger charge is 2.28. The van der Waals surface area contributed by atoms with Gasteiger partial charge in [-0.25, -0.2) is 0 Å². The number of hydrogen-bond donors (Lipinski definition) is 0. The van der Waals surface area contributed by atoms with Crippen LogP contribution in [0.2, 0.25) is 0 Å². The minimum Gasteiger partial charge on any atom is -0.460 e. The summed E-state index contributed by atoms with van der Waals surface area (Å²) >= 11 is 0. The van der Waals surface area contributed by atoms with Gasteiger partial charge in [-0.1, -0.05) is 37.3 Å². The Morgan fingerprint density at radius 2 is 2.08 bits per heavy atom. The Kier molecular flexibility index (Phi) is 4.56. The Morgan fingerprint density at radius 3 is 2.80 bits per heavy atom. The van der Waals surface area contributed by atoms with E-state index in [0.29, 0.717) is 29.1 Å². The third kappa shape index (κ3) is 3.27. The molecule has 1 aliphatic rings. The zero-order chi connectivity index (χ0) is 18.2. The largest absolute Gasteiger partial charge is 0.460 e. The lowest BCUT2D eigenvalue weighted by Gasteiger charge is -2.24. The SMILES string of the molecule is COC(C)(C)/C=C/C=C1/COc2oc3cccc(C)c3c(=O)c2C1C. The summed E-state index contributed by atoms with van der Waals surface area (Å²) in [5, 5.41) is 0.633. The van der Waals surface area contributed by atoms with E-state index in [4.69, 9.17) is 13.9 Å². The van der Waals surface area contributed by atoms with Crippen molar-refractivity contribution >= 4 is 11.0 Å². The van der Waals surface area contributed by atoms with E-state index in [1.807, 2.05) is 58.1 Å². The molecule has 0 spiro atoms. The van der Waals surface area contributed by atoms with E-state index in [9.17, 15) is 4.79 Å². The second-order valence-electron chi connectivity index (χ2n) is 7.00. The van der Waals surface area contributed by atoms with Crippen molar-refractivity contribution in [2.75, 3.05) is 13.7 Å². The highest BCUT2D eigenvalue weighted by atomic mass is 16.6. The molecule has 3 rings (SSSR count). The van der Waals surface area contributed by atoms with Crippen LogP contribution in [0.4, 0.5) is 0 Å². The minimum absolute atomic E-state index is 0.00588. The summed E-state index contributed by atoms with van der Waals surface area (Å²) in [6, 6.07) is 5.61. The first-order valence-electron chi connectivity index (χ1n) is 8.46. The second kappa shape index (κ2) is 6.52. The maximum atomic E-state index is 13.0. The van der Waals surface area contributed by atoms with Gasteiger partial charge in [-0.15, -0.1) is 0 Å². The molecule has 1 aromatic heterocycles. The number of benzene rings is 1. The van der Waals surface area contributed by atoms with Crippen molar-refractivity contribution in [2.24, 2.45) is 0 Å². The van der Waals surface area contributed by atoms with Crippen molar-refractivity contribution in [1.29, 1.82) is 0 Å². The Balaban J connectivity index is 2.04. The summed E-state index contributed by atoms with van der Waals surface area (Å²) in [6.07, 6.45) is 5.93. The molecule has 0 aliphatic carbocycles. The predicted molar refractivity (Wildman–Crippen MR) is 99.4 cm³/mol. The van der Waals surface area contributed by atoms with Crippen LogP contribution in [0.25, 0.3) is 11.0 Å². The number of allylic oxidation sites excluding steroid dienone is 2. The molecule has 2 heterocycles. The van der Waals surface area contributed by atoms with Gasteiger partial charge in [0, 0.05) is 13.0 Å². The second-order valence-corrected chi connectivity index (χ2v) is 7.00. The number of ether oxygens (including phenoxy) is 2. The number of rotatable bonds is 3. The van der Waals surface area contributed by atoms with Crippen LogP contribution in [-0.2, 0) is 4.74 Å². The van der Waals surface area contributed by atoms with Crippen LogP contribution in [0.3, 0.4) is 0 Å². The van der Waals surface area contributed by atoms with Crippen LogP contribution in [0, 0.1) is 6.92 Å². The standard InChI is InChI=1S/C21H24O4/c1-13-8-6-10-16-17(13)19(22)18-14(2)15(12-24-20(18)25-16)9-7-11-21(3,4)23-5/h6-11,14H,12H2,1-5H3/b11-7+,15-9-. The summed E-state index contributed by atoms with van der Waals surface area (Å²) in [7, 11) is 1.68. The summed E-state index contributed by atoms with van der Waals surface area (Å²) < 4.78 is 17.0. The van der Waals surface area contributed by atoms with E-state index in [1.54, 1.807) is 13.2 Å². The van der Waals surface area contributed by atoms with Crippen LogP contribution in [0.15, 0.2) is 51.2 Å². The molecule has 25 heavy (non-hydrogen) atoms. The molecule has 0 saturated carbocycles. The third-order valence-corrected chi connectivity index (χ3v) is 4.82. The molecule has 0 amide bonds. The van der Waals surface area contributed by atoms with E-state index in [0.717, 1.165) is 11.1 Å². The summed E-state index contributed by atoms with van der Waals surface area (Å²) in [6.45, 7) is 8.32. The highest BCUT2D eigenvalue weighted by Crippen LogP contribution is 2.36. The monoisotopic (exact) mass is 340 g/mol. The molecule has 4 heteroatoms. The number of hydrogen-bond acceptors (Lipinski definition) is 4. The molecule has 0 radical (unpaired) electrons. The first kappa shape index (κ1) is 17.5. The molecule has 4 nitrogen and oxygen atoms in total. The smallest absolute Gasteiger partial charge is 0.293 e. The van der Waals surface area contributed by atoms with Crippen molar-refractivity contribution in [1.82, 2.24) is 0 Å². The molecule has 1 aliphatic heterocycles. The molecule has 0 bridgehead atoms. The van der Waals surface area contributed by atoms with E-state index in [1.165, 1.54) is 0 Å². The molecule has 1 atom stereocenters. The number of aryl methyl sites for hydroxylation is 1. The van der Waals surface area contributed by atoms with Gasteiger partial charge in [0.2, 0.25) is 5.43 Å². The molecule has 132 valence electrons. The van der Waals surface area contributed by atoms with Gasteiger partial charge in [0.05, 0.1) is 16.6 Å². The lowest BCUT2D eigenvalue weighted by Crippen LogP contribution is -2.23. The van der Waals surface area contributed by atoms with Crippen molar-refractivity contribution in [3.05, 3.63) is 63.4 Å². The van der Waals surface area contributed by atoms with Gasteiger partial charge < -0.3 is 13.9 Å². The number of methoxy groups -OCH3 is 1. The zero-order valence-corrected chi connectivity index (χ0v) is 15.4. The van der Waals surface area contributed by atoms with Crippen molar-refractivity contribution in [3.8, 4) is 5.95 Å². The third-order valence-electron chi connectivity index (χ3n) is 4.82. The van der Waals surface area contributed by atoms with Gasteiger partial charge in [-0.3, -0.25) is 4.79 Å². The summed E-state index contributed by atoms with van der Waals surface area (Å²) in [4.78, 5) is 13.0. The fraction of sp³-hybridized carbons (Fsp3) is 0.381. The summed E-state index contributed by atoms with van der Waals surface area (Å²) in [5.41, 5.74) is 2.78. The van der Waals surface area contributed by atoms with Crippen molar-refractivity contribution in [2.45, 2.75) is 39.2 Å².